The molecule has 0 spiro atoms. The Kier molecular flexibility index (Phi) is 4.52. The lowest BCUT2D eigenvalue weighted by Crippen LogP contribution is -2.25. The number of carbonyl (C=O) groups excluding carboxylic acids is 1. The number of nitrogens with zero attached hydrogens (tertiary/aromatic N) is 1. The van der Waals surface area contributed by atoms with Crippen LogP contribution in [0, 0.1) is 6.92 Å². The molecule has 0 aliphatic heterocycles. The third-order valence-corrected chi connectivity index (χ3v) is 3.89. The average Bonchev–Trinajstić information content (AvgIpc) is 2.81. The van der Waals surface area contributed by atoms with Gasteiger partial charge < -0.3 is 10.7 Å². The Morgan fingerprint density at radius 3 is 2.95 bits per heavy atom. The van der Waals surface area contributed by atoms with Gasteiger partial charge in [0.2, 0.25) is 0 Å². The van der Waals surface area contributed by atoms with E-state index in [1.807, 2.05) is 19.1 Å². The summed E-state index contributed by atoms with van der Waals surface area (Å²) in [5.74, 6) is 5.48. The predicted octanol–water partition coefficient (Wildman–Crippen LogP) is 2.43. The molecule has 0 saturated heterocycles. The summed E-state index contributed by atoms with van der Waals surface area (Å²) in [7, 11) is 0. The van der Waals surface area contributed by atoms with E-state index in [4.69, 9.17) is 5.84 Å². The van der Waals surface area contributed by atoms with E-state index >= 15 is 0 Å². The molecule has 0 aliphatic carbocycles. The van der Waals surface area contributed by atoms with Crippen molar-refractivity contribution in [3.05, 3.63) is 44.2 Å². The minimum Gasteiger partial charge on any atom is -0.347 e. The van der Waals surface area contributed by atoms with E-state index in [1.54, 1.807) is 23.6 Å². The number of hydrogen-bond acceptors (Lipinski definition) is 5. The highest BCUT2D eigenvalue weighted by Crippen LogP contribution is 2.18. The van der Waals surface area contributed by atoms with Gasteiger partial charge in [0, 0.05) is 20.4 Å². The first-order chi connectivity index (χ1) is 9.10. The fourth-order valence-electron chi connectivity index (χ4n) is 1.57. The molecule has 100 valence electrons. The molecule has 1 amide bonds. The highest BCUT2D eigenvalue weighted by molar-refractivity contribution is 9.10. The number of hydrazine groups is 1. The summed E-state index contributed by atoms with van der Waals surface area (Å²) in [6.45, 7) is 2.53. The van der Waals surface area contributed by atoms with Crippen LogP contribution >= 0.6 is 27.3 Å². The summed E-state index contributed by atoms with van der Waals surface area (Å²) in [5.41, 5.74) is 2.82. The molecule has 0 radical (unpaired) electrons. The lowest BCUT2D eigenvalue weighted by molar-refractivity contribution is 0.0951. The predicted molar refractivity (Wildman–Crippen MR) is 80.0 cm³/mol. The van der Waals surface area contributed by atoms with E-state index in [1.165, 1.54) is 4.88 Å². The smallest absolute Gasteiger partial charge is 0.255 e. The summed E-state index contributed by atoms with van der Waals surface area (Å²) < 4.78 is 0.726. The first-order valence-electron chi connectivity index (χ1n) is 5.56. The van der Waals surface area contributed by atoms with Crippen molar-refractivity contribution < 1.29 is 4.79 Å². The molecular formula is C12H13BrN4OS. The molecule has 0 atom stereocenters. The number of rotatable bonds is 4. The molecule has 5 nitrogen and oxygen atoms in total. The Labute approximate surface area is 123 Å². The second-order valence-electron chi connectivity index (χ2n) is 3.89. The first kappa shape index (κ1) is 14.0. The van der Waals surface area contributed by atoms with Gasteiger partial charge in [0.25, 0.3) is 5.91 Å². The number of aromatic nitrogens is 1. The minimum atomic E-state index is -0.215. The number of aryl methyl sites for hydroxylation is 1. The molecule has 2 aromatic rings. The van der Waals surface area contributed by atoms with Crippen molar-refractivity contribution in [3.8, 4) is 0 Å². The second-order valence-corrected chi connectivity index (χ2v) is 6.18. The van der Waals surface area contributed by atoms with Gasteiger partial charge in [-0.15, -0.1) is 11.3 Å². The van der Waals surface area contributed by atoms with Crippen LogP contribution < -0.4 is 16.6 Å². The van der Waals surface area contributed by atoms with Crippen LogP contribution in [0.25, 0.3) is 0 Å². The Morgan fingerprint density at radius 1 is 1.53 bits per heavy atom. The largest absolute Gasteiger partial charge is 0.347 e. The molecule has 0 fully saturated rings. The van der Waals surface area contributed by atoms with Crippen molar-refractivity contribution in [3.63, 3.8) is 0 Å². The van der Waals surface area contributed by atoms with E-state index in [0.29, 0.717) is 17.9 Å². The maximum Gasteiger partial charge on any atom is 0.255 e. The standard InChI is InChI=1S/C12H13BrN4OS/c1-7-2-3-9(19-7)6-16-12(18)10-4-8(13)5-15-11(10)17-14/h2-5H,6,14H2,1H3,(H,15,17)(H,16,18). The fraction of sp³-hybridized carbons (Fsp3) is 0.167. The van der Waals surface area contributed by atoms with Crippen LogP contribution in [-0.4, -0.2) is 10.9 Å². The van der Waals surface area contributed by atoms with Gasteiger partial charge in [-0.2, -0.15) is 0 Å². The monoisotopic (exact) mass is 340 g/mol. The van der Waals surface area contributed by atoms with Crippen molar-refractivity contribution in [1.29, 1.82) is 0 Å². The number of thiophene rings is 1. The Balaban J connectivity index is 2.09. The van der Waals surface area contributed by atoms with Gasteiger partial charge in [0.15, 0.2) is 5.82 Å². The van der Waals surface area contributed by atoms with Gasteiger partial charge in [-0.05, 0) is 41.1 Å². The third-order valence-electron chi connectivity index (χ3n) is 2.45. The number of hydrogen-bond donors (Lipinski definition) is 3. The molecule has 2 heterocycles. The van der Waals surface area contributed by atoms with Crippen LogP contribution in [-0.2, 0) is 6.54 Å². The normalized spacial score (nSPS) is 10.3. The third kappa shape index (κ3) is 3.52. The van der Waals surface area contributed by atoms with Gasteiger partial charge in [0.05, 0.1) is 12.1 Å². The van der Waals surface area contributed by atoms with Gasteiger partial charge in [-0.25, -0.2) is 10.8 Å². The van der Waals surface area contributed by atoms with Crippen LogP contribution in [0.3, 0.4) is 0 Å². The van der Waals surface area contributed by atoms with Crippen molar-refractivity contribution in [2.24, 2.45) is 5.84 Å². The van der Waals surface area contributed by atoms with Crippen LogP contribution in [0.15, 0.2) is 28.9 Å². The number of amides is 1. The Hall–Kier alpha value is -1.44. The van der Waals surface area contributed by atoms with Gasteiger partial charge in [0.1, 0.15) is 0 Å². The van der Waals surface area contributed by atoms with Gasteiger partial charge >= 0.3 is 0 Å². The van der Waals surface area contributed by atoms with E-state index in [-0.39, 0.29) is 5.91 Å². The second kappa shape index (κ2) is 6.14. The molecule has 0 saturated carbocycles. The number of nitrogen functional groups attached to an aromatic ring is 1. The van der Waals surface area contributed by atoms with Crippen LogP contribution in [0.5, 0.6) is 0 Å². The Bertz CT molecular complexity index is 599. The molecule has 2 rings (SSSR count). The van der Waals surface area contributed by atoms with Crippen molar-refractivity contribution in [1.82, 2.24) is 10.3 Å². The summed E-state index contributed by atoms with van der Waals surface area (Å²) >= 11 is 4.94. The maximum atomic E-state index is 12.1. The lowest BCUT2D eigenvalue weighted by atomic mass is 10.2. The molecular weight excluding hydrogens is 328 g/mol. The van der Waals surface area contributed by atoms with Crippen molar-refractivity contribution >= 4 is 39.0 Å². The molecule has 0 aromatic carbocycles. The van der Waals surface area contributed by atoms with E-state index in [9.17, 15) is 4.79 Å². The highest BCUT2D eigenvalue weighted by Gasteiger charge is 2.12. The number of nitrogens with two attached hydrogens (primary N) is 1. The molecule has 19 heavy (non-hydrogen) atoms. The van der Waals surface area contributed by atoms with Crippen molar-refractivity contribution in [2.45, 2.75) is 13.5 Å². The summed E-state index contributed by atoms with van der Waals surface area (Å²) in [4.78, 5) is 18.5. The van der Waals surface area contributed by atoms with Gasteiger partial charge in [-0.1, -0.05) is 0 Å². The first-order valence-corrected chi connectivity index (χ1v) is 7.17. The van der Waals surface area contributed by atoms with Crippen LogP contribution in [0.1, 0.15) is 20.1 Å². The highest BCUT2D eigenvalue weighted by atomic mass is 79.9. The summed E-state index contributed by atoms with van der Waals surface area (Å²) in [6, 6.07) is 5.71. The zero-order chi connectivity index (χ0) is 13.8. The number of halogens is 1. The topological polar surface area (TPSA) is 80.0 Å². The van der Waals surface area contributed by atoms with E-state index < -0.39 is 0 Å². The maximum absolute atomic E-state index is 12.1. The Morgan fingerprint density at radius 2 is 2.32 bits per heavy atom. The van der Waals surface area contributed by atoms with E-state index in [0.717, 1.165) is 9.35 Å². The molecule has 0 bridgehead atoms. The quantitative estimate of drug-likeness (QED) is 0.589. The number of carbonyl (C=O) groups is 1. The number of pyridine rings is 1. The fourth-order valence-corrected chi connectivity index (χ4v) is 2.73. The molecule has 2 aromatic heterocycles. The molecule has 7 heteroatoms. The summed E-state index contributed by atoms with van der Waals surface area (Å²) in [5, 5.41) is 2.85. The average molecular weight is 341 g/mol. The van der Waals surface area contributed by atoms with E-state index in [2.05, 4.69) is 31.7 Å². The molecule has 4 N–H and O–H groups in total. The summed E-state index contributed by atoms with van der Waals surface area (Å²) in [6.07, 6.45) is 1.58. The van der Waals surface area contributed by atoms with Crippen LogP contribution in [0.4, 0.5) is 5.82 Å². The number of anilines is 1. The molecule has 0 aliphatic rings. The SMILES string of the molecule is Cc1ccc(CNC(=O)c2cc(Br)cnc2NN)s1. The number of nitrogens with one attached hydrogen (secondary N) is 2. The zero-order valence-corrected chi connectivity index (χ0v) is 12.6. The molecule has 0 unspecified atom stereocenters. The van der Waals surface area contributed by atoms with Crippen molar-refractivity contribution in [2.75, 3.05) is 5.43 Å². The zero-order valence-electron chi connectivity index (χ0n) is 10.2. The van der Waals surface area contributed by atoms with Crippen LogP contribution in [0.2, 0.25) is 0 Å². The minimum absolute atomic E-state index is 0.215. The van der Waals surface area contributed by atoms with Gasteiger partial charge in [-0.3, -0.25) is 4.79 Å². The lowest BCUT2D eigenvalue weighted by Gasteiger charge is -2.08.